The van der Waals surface area contributed by atoms with Crippen molar-refractivity contribution in [3.63, 3.8) is 0 Å². The Morgan fingerprint density at radius 2 is 1.00 bits per heavy atom. The maximum atomic E-state index is 14.0. The second kappa shape index (κ2) is 38.9. The van der Waals surface area contributed by atoms with Gasteiger partial charge in [-0.25, -0.2) is 46.2 Å². The van der Waals surface area contributed by atoms with Gasteiger partial charge in [-0.2, -0.15) is 27.0 Å². The minimum absolute atomic E-state index is 0. The number of hydrogen-bond acceptors (Lipinski definition) is 16. The summed E-state index contributed by atoms with van der Waals surface area (Å²) in [5.41, 5.74) is 0.201. The van der Waals surface area contributed by atoms with Crippen LogP contribution in [0.5, 0.6) is 0 Å². The fraction of sp³-hybridized carbons (Fsp3) is 0.382. The molecule has 6 rings (SSSR count). The third-order valence-electron chi connectivity index (χ3n) is 12.2. The number of nitrogens with zero attached hydrogens (tertiary/aromatic N) is 4. The van der Waals surface area contributed by atoms with Crippen LogP contribution in [0, 0.1) is 23.3 Å². The maximum absolute atomic E-state index is 14.0. The van der Waals surface area contributed by atoms with E-state index in [1.165, 1.54) is 69.6 Å². The predicted molar refractivity (Wildman–Crippen MR) is 324 cm³/mol. The van der Waals surface area contributed by atoms with Crippen molar-refractivity contribution in [1.82, 2.24) is 19.8 Å². The van der Waals surface area contributed by atoms with Crippen LogP contribution in [-0.4, -0.2) is 130 Å². The zero-order chi connectivity index (χ0) is 59.5. The van der Waals surface area contributed by atoms with Gasteiger partial charge in [0.1, 0.15) is 24.8 Å². The average molecular weight is 1280 g/mol. The van der Waals surface area contributed by atoms with E-state index in [9.17, 15) is 51.0 Å². The summed E-state index contributed by atoms with van der Waals surface area (Å²) in [7, 11) is 4.23. The molecule has 0 unspecified atom stereocenters. The first kappa shape index (κ1) is 76.1. The predicted octanol–water partition coefficient (Wildman–Crippen LogP) is 12.5. The normalized spacial score (nSPS) is 11.6. The van der Waals surface area contributed by atoms with Crippen LogP contribution < -0.4 is 10.6 Å². The van der Waals surface area contributed by atoms with E-state index in [4.69, 9.17) is 34.3 Å². The number of nitrogens with one attached hydrogen (secondary N) is 2. The quantitative estimate of drug-likeness (QED) is 0.0260. The molecule has 0 aliphatic carbocycles. The molecule has 2 atom stereocenters. The summed E-state index contributed by atoms with van der Waals surface area (Å²) in [4.78, 5) is 61.6. The fourth-order valence-corrected chi connectivity index (χ4v) is 8.37. The molecule has 0 bridgehead atoms. The van der Waals surface area contributed by atoms with Crippen LogP contribution in [0.2, 0.25) is 0 Å². The third kappa shape index (κ3) is 25.4. The molecular weight excluding hydrogens is 1210 g/mol. The Morgan fingerprint density at radius 3 is 1.37 bits per heavy atom. The number of phosphoric acid groups is 1. The van der Waals surface area contributed by atoms with Crippen molar-refractivity contribution in [1.29, 1.82) is 0 Å². The van der Waals surface area contributed by atoms with Gasteiger partial charge in [-0.1, -0.05) is 80.2 Å². The second-order valence-electron chi connectivity index (χ2n) is 17.5. The Bertz CT molecular complexity index is 3120. The first-order valence-electron chi connectivity index (χ1n) is 25.0. The number of fused-ring (bicyclic) bond motifs is 2. The van der Waals surface area contributed by atoms with E-state index < -0.39 is 62.3 Å². The van der Waals surface area contributed by atoms with Crippen molar-refractivity contribution in [3.8, 4) is 0 Å². The number of anilines is 2. The Morgan fingerprint density at radius 1 is 0.607 bits per heavy atom. The minimum atomic E-state index is -3.67. The van der Waals surface area contributed by atoms with Gasteiger partial charge >= 0.3 is 27.0 Å². The Balaban J connectivity index is 0.000000736. The summed E-state index contributed by atoms with van der Waals surface area (Å²) >= 11 is 5.02. The highest BCUT2D eigenvalue weighted by Gasteiger charge is 2.26. The smallest absolute Gasteiger partial charge is 0.447 e. The molecule has 0 aliphatic heterocycles. The van der Waals surface area contributed by atoms with E-state index in [1.54, 1.807) is 31.6 Å². The molecule has 0 aliphatic rings. The molecular formula is C55H73ClF4N6O14P2S2. The van der Waals surface area contributed by atoms with Gasteiger partial charge in [0.05, 0.1) is 18.7 Å². The molecule has 3 N–H and O–H groups in total. The highest BCUT2D eigenvalue weighted by atomic mass is 35.7. The second-order valence-corrected chi connectivity index (χ2v) is 22.2. The molecule has 0 fully saturated rings. The number of pyridine rings is 2. The lowest BCUT2D eigenvalue weighted by Gasteiger charge is -2.28. The SMILES string of the molecule is C.CN(C(=O)CCc1cccc(F)c1F)[C@@H](CCCO)COC(=O)Nc1cc2ccccc2cn1.COP(=O)(Cl)OC.COP(=O)(OC)OCCC[C@@H](COC(=O)Nc1cc2ccccc2cn1)N(C)C(=O)CCc1cccc(F)c1F.S.S. The largest absolute Gasteiger partial charge is 0.474 e. The number of aliphatic hydroxyl groups excluding tert-OH is 1. The van der Waals surface area contributed by atoms with E-state index in [0.29, 0.717) is 37.3 Å². The first-order valence-corrected chi connectivity index (χ1v) is 28.9. The van der Waals surface area contributed by atoms with Gasteiger partial charge in [-0.3, -0.25) is 33.8 Å². The number of aliphatic hydroxyl groups is 1. The fourth-order valence-electron chi connectivity index (χ4n) is 7.51. The molecule has 2 aromatic heterocycles. The first-order chi connectivity index (χ1) is 38.7. The summed E-state index contributed by atoms with van der Waals surface area (Å²) in [5, 5.41) is 18.0. The van der Waals surface area contributed by atoms with Gasteiger partial charge in [0, 0.05) is 96.4 Å². The molecule has 2 heterocycles. The minimum Gasteiger partial charge on any atom is -0.447 e. The van der Waals surface area contributed by atoms with Crippen LogP contribution in [0.1, 0.15) is 57.1 Å². The van der Waals surface area contributed by atoms with Crippen molar-refractivity contribution in [3.05, 3.63) is 144 Å². The topological polar surface area (TPSA) is 244 Å². The van der Waals surface area contributed by atoms with E-state index in [2.05, 4.69) is 29.6 Å². The lowest BCUT2D eigenvalue weighted by atomic mass is 10.1. The monoisotopic (exact) mass is 1280 g/mol. The summed E-state index contributed by atoms with van der Waals surface area (Å²) in [6, 6.07) is 25.1. The van der Waals surface area contributed by atoms with Crippen molar-refractivity contribution < 1.29 is 83.1 Å². The van der Waals surface area contributed by atoms with Crippen LogP contribution >= 0.6 is 53.0 Å². The third-order valence-corrected chi connectivity index (χ3v) is 15.3. The number of phosphoric ester groups is 1. The molecule has 464 valence electrons. The van der Waals surface area contributed by atoms with Gasteiger partial charge in [0.15, 0.2) is 23.3 Å². The Kier molecular flexibility index (Phi) is 35.3. The van der Waals surface area contributed by atoms with Gasteiger partial charge in [-0.15, -0.1) is 0 Å². The molecule has 84 heavy (non-hydrogen) atoms. The van der Waals surface area contributed by atoms with Crippen LogP contribution in [-0.2, 0) is 63.7 Å². The number of hydrogen-bond donors (Lipinski definition) is 3. The standard InChI is InChI=1S/C27H32F2N3O7P.C25H27F2N3O4.C2H6ClO3P.CH4.2H2S/c1-32(25(33)14-13-19-10-6-12-23(28)26(19)29)22(11-7-15-39-40(35,36-2)37-3)18-38-27(34)31-24-16-20-8-4-5-9-21(20)17-30-24;1-30(23(32)12-11-17-8-4-10-21(26)24(17)27)20(9-5-13-31)16-34-25(33)29-22-14-18-6-2-3-7-19(18)15-28-22;1-5-7(3,4)6-2;;;/h4-6,8-10,12,16-17,22H,7,11,13-15,18H2,1-3H3,(H,30,31,34);2-4,6-8,10,14-15,20,31H,5,9,11-13,16H2,1H3,(H,28,29,33);1-2H3;1H4;2*1H2/t22-;20-;;;;/m00..../s1. The lowest BCUT2D eigenvalue weighted by molar-refractivity contribution is -0.133. The van der Waals surface area contributed by atoms with Crippen LogP contribution in [0.25, 0.3) is 21.5 Å². The molecule has 4 amide bonds. The van der Waals surface area contributed by atoms with Gasteiger partial charge in [0.2, 0.25) is 11.8 Å². The number of rotatable bonds is 26. The number of aryl methyl sites for hydroxylation is 2. The molecule has 0 saturated heterocycles. The zero-order valence-corrected chi connectivity index (χ0v) is 50.9. The van der Waals surface area contributed by atoms with Crippen molar-refractivity contribution in [2.75, 3.05) is 79.6 Å². The number of benzene rings is 4. The number of aromatic nitrogens is 2. The summed E-state index contributed by atoms with van der Waals surface area (Å²) in [6.45, 7) is -3.56. The number of ether oxygens (including phenoxy) is 2. The van der Waals surface area contributed by atoms with Gasteiger partial charge in [0.25, 0.3) is 0 Å². The maximum Gasteiger partial charge on any atom is 0.474 e. The number of likely N-dealkylation sites (N-methyl/N-ethyl adjacent to an activating group) is 2. The Hall–Kier alpha value is -5.89. The summed E-state index contributed by atoms with van der Waals surface area (Å²) in [5.74, 6) is -3.95. The lowest BCUT2D eigenvalue weighted by Crippen LogP contribution is -2.41. The summed E-state index contributed by atoms with van der Waals surface area (Å²) < 4.78 is 111. The van der Waals surface area contributed by atoms with E-state index in [1.807, 2.05) is 48.5 Å². The van der Waals surface area contributed by atoms with Crippen molar-refractivity contribution in [2.24, 2.45) is 0 Å². The molecule has 4 aromatic carbocycles. The van der Waals surface area contributed by atoms with E-state index in [0.717, 1.165) is 33.7 Å². The van der Waals surface area contributed by atoms with Gasteiger partial charge in [-0.05, 0) is 84.7 Å². The number of halogens is 5. The van der Waals surface area contributed by atoms with Gasteiger partial charge < -0.3 is 33.4 Å². The van der Waals surface area contributed by atoms with Crippen molar-refractivity contribution in [2.45, 2.75) is 70.9 Å². The summed E-state index contributed by atoms with van der Waals surface area (Å²) in [6.07, 6.45) is 3.07. The van der Waals surface area contributed by atoms with Crippen LogP contribution in [0.3, 0.4) is 0 Å². The zero-order valence-electron chi connectivity index (χ0n) is 46.4. The van der Waals surface area contributed by atoms with Crippen molar-refractivity contribution >= 4 is 110 Å². The van der Waals surface area contributed by atoms with Crippen LogP contribution in [0.15, 0.2) is 109 Å². The highest BCUT2D eigenvalue weighted by molar-refractivity contribution is 7.81. The van der Waals surface area contributed by atoms with E-state index >= 15 is 0 Å². The molecule has 0 radical (unpaired) electrons. The number of carbonyl (C=O) groups excluding carboxylic acids is 4. The molecule has 29 heteroatoms. The molecule has 20 nitrogen and oxygen atoms in total. The molecule has 0 saturated carbocycles. The average Bonchev–Trinajstić information content (AvgIpc) is 3.60. The van der Waals surface area contributed by atoms with E-state index in [-0.39, 0.29) is 109 Å². The number of amides is 4. The molecule has 0 spiro atoms. The van der Waals surface area contributed by atoms with Crippen LogP contribution in [0.4, 0.5) is 38.8 Å². The highest BCUT2D eigenvalue weighted by Crippen LogP contribution is 2.51. The molecule has 6 aromatic rings. The Labute approximate surface area is 505 Å². The number of carbonyl (C=O) groups is 4.